The number of carbonyl (C=O) groups excluding carboxylic acids is 2. The van der Waals surface area contributed by atoms with Crippen molar-refractivity contribution >= 4 is 23.4 Å². The lowest BCUT2D eigenvalue weighted by Gasteiger charge is -2.41. The van der Waals surface area contributed by atoms with E-state index in [-0.39, 0.29) is 18.6 Å². The molecule has 0 aromatic heterocycles. The number of halogens is 1. The summed E-state index contributed by atoms with van der Waals surface area (Å²) in [5.41, 5.74) is -0.523. The Hall–Kier alpha value is -1.95. The van der Waals surface area contributed by atoms with Crippen LogP contribution in [0.5, 0.6) is 11.5 Å². The fourth-order valence-corrected chi connectivity index (χ4v) is 2.77. The number of fused-ring (bicyclic) bond motifs is 1. The molecule has 7 heteroatoms. The fourth-order valence-electron chi connectivity index (χ4n) is 2.50. The van der Waals surface area contributed by atoms with Crippen molar-refractivity contribution < 1.29 is 19.1 Å². The highest BCUT2D eigenvalue weighted by molar-refractivity contribution is 6.32. The number of ether oxygens (including phenoxy) is 2. The molecule has 2 amide bonds. The third-order valence-electron chi connectivity index (χ3n) is 3.77. The van der Waals surface area contributed by atoms with Crippen molar-refractivity contribution in [2.75, 3.05) is 19.9 Å². The van der Waals surface area contributed by atoms with Gasteiger partial charge in [-0.1, -0.05) is 11.6 Å². The highest BCUT2D eigenvalue weighted by Gasteiger charge is 2.41. The molecule has 0 saturated carbocycles. The molecule has 0 spiro atoms. The van der Waals surface area contributed by atoms with Gasteiger partial charge in [0.25, 0.3) is 5.91 Å². The van der Waals surface area contributed by atoms with E-state index in [2.05, 4.69) is 5.32 Å². The molecular formula is C14H15ClN2O4. The van der Waals surface area contributed by atoms with E-state index in [4.69, 9.17) is 21.1 Å². The van der Waals surface area contributed by atoms with Crippen LogP contribution < -0.4 is 14.8 Å². The molecule has 0 atom stereocenters. The Kier molecular flexibility index (Phi) is 3.20. The van der Waals surface area contributed by atoms with Gasteiger partial charge in [-0.2, -0.15) is 0 Å². The fraction of sp³-hybridized carbons (Fsp3) is 0.429. The Labute approximate surface area is 127 Å². The Morgan fingerprint density at radius 1 is 1.38 bits per heavy atom. The van der Waals surface area contributed by atoms with Crippen molar-refractivity contribution in [2.45, 2.75) is 19.4 Å². The number of benzene rings is 1. The Balaban J connectivity index is 1.95. The average molecular weight is 311 g/mol. The van der Waals surface area contributed by atoms with E-state index in [1.54, 1.807) is 30.9 Å². The zero-order chi connectivity index (χ0) is 15.2. The van der Waals surface area contributed by atoms with Gasteiger partial charge in [-0.25, -0.2) is 0 Å². The summed E-state index contributed by atoms with van der Waals surface area (Å²) in [7, 11) is 0. The molecule has 0 radical (unpaired) electrons. The first-order valence-corrected chi connectivity index (χ1v) is 6.98. The van der Waals surface area contributed by atoms with Gasteiger partial charge in [0.05, 0.1) is 5.02 Å². The van der Waals surface area contributed by atoms with Gasteiger partial charge < -0.3 is 19.7 Å². The van der Waals surface area contributed by atoms with E-state index < -0.39 is 5.54 Å². The van der Waals surface area contributed by atoms with E-state index in [1.807, 2.05) is 0 Å². The van der Waals surface area contributed by atoms with Gasteiger partial charge in [0.15, 0.2) is 11.5 Å². The number of piperazine rings is 1. The van der Waals surface area contributed by atoms with E-state index in [9.17, 15) is 9.59 Å². The molecule has 112 valence electrons. The summed E-state index contributed by atoms with van der Waals surface area (Å²) in [6.45, 7) is 4.40. The molecular weight excluding hydrogens is 296 g/mol. The summed E-state index contributed by atoms with van der Waals surface area (Å²) in [6, 6.07) is 3.14. The molecule has 2 aliphatic rings. The quantitative estimate of drug-likeness (QED) is 0.852. The molecule has 2 heterocycles. The van der Waals surface area contributed by atoms with Gasteiger partial charge in [-0.05, 0) is 26.0 Å². The average Bonchev–Trinajstić information content (AvgIpc) is 2.90. The lowest BCUT2D eigenvalue weighted by Crippen LogP contribution is -2.63. The first-order chi connectivity index (χ1) is 9.91. The number of nitrogens with zero attached hydrogens (tertiary/aromatic N) is 1. The number of nitrogens with one attached hydrogen (secondary N) is 1. The van der Waals surface area contributed by atoms with Gasteiger partial charge in [0.2, 0.25) is 12.7 Å². The molecule has 3 rings (SSSR count). The lowest BCUT2D eigenvalue weighted by molar-refractivity contribution is -0.133. The molecule has 1 fully saturated rings. The zero-order valence-corrected chi connectivity index (χ0v) is 12.5. The Morgan fingerprint density at radius 3 is 2.90 bits per heavy atom. The molecule has 1 saturated heterocycles. The van der Waals surface area contributed by atoms with Crippen LogP contribution in [0.1, 0.15) is 24.2 Å². The smallest absolute Gasteiger partial charge is 0.254 e. The minimum Gasteiger partial charge on any atom is -0.454 e. The highest BCUT2D eigenvalue weighted by atomic mass is 35.5. The molecule has 2 aliphatic heterocycles. The number of hydrogen-bond acceptors (Lipinski definition) is 4. The second-order valence-electron chi connectivity index (χ2n) is 5.46. The highest BCUT2D eigenvalue weighted by Crippen LogP contribution is 2.40. The second-order valence-corrected chi connectivity index (χ2v) is 5.87. The van der Waals surface area contributed by atoms with Gasteiger partial charge in [0.1, 0.15) is 5.54 Å². The van der Waals surface area contributed by atoms with Crippen LogP contribution in [0.15, 0.2) is 12.1 Å². The number of hydrogen-bond donors (Lipinski definition) is 1. The van der Waals surface area contributed by atoms with Crippen molar-refractivity contribution in [3.05, 3.63) is 22.7 Å². The van der Waals surface area contributed by atoms with Crippen LogP contribution in [-0.4, -0.2) is 42.1 Å². The van der Waals surface area contributed by atoms with Crippen LogP contribution in [0.4, 0.5) is 0 Å². The van der Waals surface area contributed by atoms with Crippen LogP contribution in [0, 0.1) is 0 Å². The predicted octanol–water partition coefficient (Wildman–Crippen LogP) is 1.42. The summed E-state index contributed by atoms with van der Waals surface area (Å²) < 4.78 is 10.5. The standard InChI is InChI=1S/C14H15ClN2O4/c1-14(2)13(19)16-3-4-17(14)12(18)8-5-9(15)11-10(6-8)20-7-21-11/h5-6H,3-4,7H2,1-2H3,(H,16,19). The van der Waals surface area contributed by atoms with Crippen LogP contribution in [0.3, 0.4) is 0 Å². The maximum Gasteiger partial charge on any atom is 0.254 e. The molecule has 0 unspecified atom stereocenters. The third kappa shape index (κ3) is 2.19. The Bertz CT molecular complexity index is 630. The summed E-state index contributed by atoms with van der Waals surface area (Å²) in [5, 5.41) is 3.08. The van der Waals surface area contributed by atoms with Gasteiger partial charge in [-0.3, -0.25) is 9.59 Å². The summed E-state index contributed by atoms with van der Waals surface area (Å²) >= 11 is 6.10. The zero-order valence-electron chi connectivity index (χ0n) is 11.7. The molecule has 1 aromatic carbocycles. The van der Waals surface area contributed by atoms with Crippen LogP contribution in [0.2, 0.25) is 5.02 Å². The molecule has 0 bridgehead atoms. The van der Waals surface area contributed by atoms with Crippen LogP contribution in [-0.2, 0) is 4.79 Å². The molecule has 1 aromatic rings. The minimum absolute atomic E-state index is 0.0876. The lowest BCUT2D eigenvalue weighted by atomic mass is 9.97. The van der Waals surface area contributed by atoms with E-state index in [0.29, 0.717) is 35.2 Å². The van der Waals surface area contributed by atoms with Crippen LogP contribution >= 0.6 is 11.6 Å². The van der Waals surface area contributed by atoms with Crippen molar-refractivity contribution in [1.82, 2.24) is 10.2 Å². The topological polar surface area (TPSA) is 67.9 Å². The third-order valence-corrected chi connectivity index (χ3v) is 4.05. The summed E-state index contributed by atoms with van der Waals surface area (Å²) in [6.07, 6.45) is 0. The SMILES string of the molecule is CC1(C)C(=O)NCCN1C(=O)c1cc(Cl)c2c(c1)OCO2. The van der Waals surface area contributed by atoms with Gasteiger partial charge in [0, 0.05) is 18.7 Å². The van der Waals surface area contributed by atoms with Crippen molar-refractivity contribution in [3.63, 3.8) is 0 Å². The Morgan fingerprint density at radius 2 is 2.14 bits per heavy atom. The maximum absolute atomic E-state index is 12.7. The van der Waals surface area contributed by atoms with Crippen molar-refractivity contribution in [2.24, 2.45) is 0 Å². The molecule has 1 N–H and O–H groups in total. The van der Waals surface area contributed by atoms with Crippen LogP contribution in [0.25, 0.3) is 0 Å². The summed E-state index contributed by atoms with van der Waals surface area (Å²) in [4.78, 5) is 26.2. The predicted molar refractivity (Wildman–Crippen MR) is 75.7 cm³/mol. The van der Waals surface area contributed by atoms with Crippen molar-refractivity contribution in [1.29, 1.82) is 0 Å². The van der Waals surface area contributed by atoms with E-state index >= 15 is 0 Å². The minimum atomic E-state index is -0.905. The number of carbonyl (C=O) groups is 2. The van der Waals surface area contributed by atoms with E-state index in [0.717, 1.165) is 0 Å². The second kappa shape index (κ2) is 4.80. The van der Waals surface area contributed by atoms with E-state index in [1.165, 1.54) is 0 Å². The maximum atomic E-state index is 12.7. The largest absolute Gasteiger partial charge is 0.454 e. The monoisotopic (exact) mass is 310 g/mol. The first kappa shape index (κ1) is 14.0. The molecule has 21 heavy (non-hydrogen) atoms. The van der Waals surface area contributed by atoms with Crippen molar-refractivity contribution in [3.8, 4) is 11.5 Å². The van der Waals surface area contributed by atoms with Gasteiger partial charge in [-0.15, -0.1) is 0 Å². The number of rotatable bonds is 1. The normalized spacial score (nSPS) is 19.4. The number of amides is 2. The summed E-state index contributed by atoms with van der Waals surface area (Å²) in [5.74, 6) is 0.470. The van der Waals surface area contributed by atoms with Gasteiger partial charge >= 0.3 is 0 Å². The molecule has 0 aliphatic carbocycles. The first-order valence-electron chi connectivity index (χ1n) is 6.60. The molecule has 6 nitrogen and oxygen atoms in total.